The molecule has 0 fully saturated rings. The maximum atomic E-state index is 12.3. The van der Waals surface area contributed by atoms with Crippen LogP contribution in [0.15, 0.2) is 35.7 Å². The predicted octanol–water partition coefficient (Wildman–Crippen LogP) is 0.338. The average molecular weight is 391 g/mol. The molecule has 0 aliphatic carbocycles. The van der Waals surface area contributed by atoms with E-state index in [4.69, 9.17) is 10.5 Å². The molecule has 0 saturated carbocycles. The van der Waals surface area contributed by atoms with Gasteiger partial charge in [-0.25, -0.2) is 0 Å². The van der Waals surface area contributed by atoms with Crippen LogP contribution in [-0.2, 0) is 9.59 Å². The number of ether oxygens (including phenoxy) is 1. The number of hydrogen-bond donors (Lipinski definition) is 4. The van der Waals surface area contributed by atoms with Gasteiger partial charge >= 0.3 is 0 Å². The molecule has 1 heterocycles. The van der Waals surface area contributed by atoms with Crippen molar-refractivity contribution in [2.45, 2.75) is 6.92 Å². The summed E-state index contributed by atoms with van der Waals surface area (Å²) in [5.41, 5.74) is 6.18. The van der Waals surface area contributed by atoms with Gasteiger partial charge in [0, 0.05) is 11.8 Å². The fourth-order valence-corrected chi connectivity index (χ4v) is 3.25. The molecule has 0 bridgehead atoms. The van der Waals surface area contributed by atoms with E-state index in [0.717, 1.165) is 4.90 Å². The topological polar surface area (TPSA) is 115 Å². The van der Waals surface area contributed by atoms with Crippen molar-refractivity contribution < 1.29 is 24.0 Å². The lowest BCUT2D eigenvalue weighted by Gasteiger charge is -2.17. The first-order chi connectivity index (χ1) is 12.9. The number of benzene rings is 1. The fraction of sp³-hybridized carbons (Fsp3) is 0.278. The van der Waals surface area contributed by atoms with Crippen molar-refractivity contribution in [1.29, 1.82) is 0 Å². The molecular weight excluding hydrogens is 368 g/mol. The SMILES string of the molecule is CC[NH+](CC(=O)Nc1cccc(OC)c1)CC(=O)Nc1sccc1C(N)=O. The van der Waals surface area contributed by atoms with Crippen LogP contribution < -0.4 is 26.0 Å². The number of nitrogens with two attached hydrogens (primary N) is 1. The molecule has 0 radical (unpaired) electrons. The number of primary amides is 1. The number of likely N-dealkylation sites (N-methyl/N-ethyl adjacent to an activating group) is 1. The molecule has 1 atom stereocenters. The van der Waals surface area contributed by atoms with Crippen LogP contribution in [-0.4, -0.2) is 44.5 Å². The molecule has 1 aromatic heterocycles. The molecule has 0 aliphatic rings. The van der Waals surface area contributed by atoms with E-state index in [-0.39, 0.29) is 30.5 Å². The van der Waals surface area contributed by atoms with Crippen LogP contribution in [0.4, 0.5) is 10.7 Å². The van der Waals surface area contributed by atoms with Crippen molar-refractivity contribution in [2.75, 3.05) is 37.4 Å². The Hall–Kier alpha value is -2.91. The first-order valence-corrected chi connectivity index (χ1v) is 9.25. The van der Waals surface area contributed by atoms with Crippen LogP contribution in [0.3, 0.4) is 0 Å². The van der Waals surface area contributed by atoms with Crippen LogP contribution in [0.2, 0.25) is 0 Å². The monoisotopic (exact) mass is 391 g/mol. The summed E-state index contributed by atoms with van der Waals surface area (Å²) >= 11 is 1.23. The lowest BCUT2D eigenvalue weighted by molar-refractivity contribution is -0.881. The smallest absolute Gasteiger partial charge is 0.280 e. The first kappa shape index (κ1) is 20.4. The first-order valence-electron chi connectivity index (χ1n) is 8.37. The van der Waals surface area contributed by atoms with Crippen molar-refractivity contribution in [3.63, 3.8) is 0 Å². The standard InChI is InChI=1S/C18H22N4O4S/c1-3-22(10-15(23)20-12-5-4-6-13(9-12)26-2)11-16(24)21-18-14(17(19)25)7-8-27-18/h4-9H,3,10-11H2,1-2H3,(H2,19,25)(H,20,23)(H,21,24)/p+1. The third-order valence-electron chi connectivity index (χ3n) is 3.86. The van der Waals surface area contributed by atoms with Crippen LogP contribution >= 0.6 is 11.3 Å². The molecular formula is C18H23N4O4S+. The number of nitrogens with one attached hydrogen (secondary N) is 3. The molecule has 2 aromatic rings. The summed E-state index contributed by atoms with van der Waals surface area (Å²) in [6.45, 7) is 2.71. The second-order valence-corrected chi connectivity index (χ2v) is 6.73. The van der Waals surface area contributed by atoms with Gasteiger partial charge in [0.25, 0.3) is 17.7 Å². The van der Waals surface area contributed by atoms with Crippen molar-refractivity contribution in [3.05, 3.63) is 41.3 Å². The third kappa shape index (κ3) is 6.08. The minimum absolute atomic E-state index is 0.0954. The summed E-state index contributed by atoms with van der Waals surface area (Å²) in [5.74, 6) is -0.440. The van der Waals surface area contributed by atoms with E-state index in [1.165, 1.54) is 11.3 Å². The normalized spacial score (nSPS) is 11.5. The lowest BCUT2D eigenvalue weighted by Crippen LogP contribution is -3.13. The third-order valence-corrected chi connectivity index (χ3v) is 4.69. The molecule has 0 aliphatic heterocycles. The van der Waals surface area contributed by atoms with Gasteiger partial charge in [0.15, 0.2) is 13.1 Å². The minimum atomic E-state index is -0.594. The van der Waals surface area contributed by atoms with Crippen LogP contribution in [0.25, 0.3) is 0 Å². The van der Waals surface area contributed by atoms with E-state index in [1.54, 1.807) is 42.8 Å². The van der Waals surface area contributed by atoms with Gasteiger partial charge in [-0.2, -0.15) is 0 Å². The molecule has 2 rings (SSSR count). The van der Waals surface area contributed by atoms with Gasteiger partial charge in [-0.1, -0.05) is 6.07 Å². The Morgan fingerprint density at radius 2 is 1.85 bits per heavy atom. The number of methoxy groups -OCH3 is 1. The molecule has 9 heteroatoms. The second-order valence-electron chi connectivity index (χ2n) is 5.81. The Labute approximate surface area is 161 Å². The molecule has 0 saturated heterocycles. The summed E-state index contributed by atoms with van der Waals surface area (Å²) in [4.78, 5) is 36.6. The molecule has 1 unspecified atom stereocenters. The van der Waals surface area contributed by atoms with E-state index >= 15 is 0 Å². The molecule has 0 spiro atoms. The Morgan fingerprint density at radius 1 is 1.15 bits per heavy atom. The molecule has 5 N–H and O–H groups in total. The Balaban J connectivity index is 1.90. The summed E-state index contributed by atoms with van der Waals surface area (Å²) < 4.78 is 5.13. The van der Waals surface area contributed by atoms with Crippen molar-refractivity contribution in [2.24, 2.45) is 5.73 Å². The Morgan fingerprint density at radius 3 is 2.48 bits per heavy atom. The van der Waals surface area contributed by atoms with Gasteiger partial charge in [-0.15, -0.1) is 11.3 Å². The van der Waals surface area contributed by atoms with Gasteiger partial charge in [-0.3, -0.25) is 14.4 Å². The zero-order chi connectivity index (χ0) is 19.8. The van der Waals surface area contributed by atoms with Crippen LogP contribution in [0.5, 0.6) is 5.75 Å². The van der Waals surface area contributed by atoms with Crippen molar-refractivity contribution in [1.82, 2.24) is 0 Å². The van der Waals surface area contributed by atoms with Crippen molar-refractivity contribution in [3.8, 4) is 5.75 Å². The largest absolute Gasteiger partial charge is 0.497 e. The van der Waals surface area contributed by atoms with Gasteiger partial charge in [0.05, 0.1) is 19.2 Å². The number of hydrogen-bond acceptors (Lipinski definition) is 5. The highest BCUT2D eigenvalue weighted by Gasteiger charge is 2.19. The Kier molecular flexibility index (Phi) is 7.33. The summed E-state index contributed by atoms with van der Waals surface area (Å²) in [6.07, 6.45) is 0. The zero-order valence-electron chi connectivity index (χ0n) is 15.2. The predicted molar refractivity (Wildman–Crippen MR) is 104 cm³/mol. The number of carbonyl (C=O) groups excluding carboxylic acids is 3. The van der Waals surface area contributed by atoms with E-state index in [0.29, 0.717) is 23.0 Å². The van der Waals surface area contributed by atoms with Gasteiger partial charge in [-0.05, 0) is 30.5 Å². The van der Waals surface area contributed by atoms with Crippen LogP contribution in [0.1, 0.15) is 17.3 Å². The average Bonchev–Trinajstić information content (AvgIpc) is 3.09. The minimum Gasteiger partial charge on any atom is -0.497 e. The number of carbonyl (C=O) groups is 3. The Bertz CT molecular complexity index is 821. The van der Waals surface area contributed by atoms with Gasteiger partial charge in [0.2, 0.25) is 0 Å². The second kappa shape index (κ2) is 9.70. The summed E-state index contributed by atoms with van der Waals surface area (Å²) in [7, 11) is 1.56. The highest BCUT2D eigenvalue weighted by Crippen LogP contribution is 2.22. The molecule has 8 nitrogen and oxygen atoms in total. The van der Waals surface area contributed by atoms with Crippen LogP contribution in [0, 0.1) is 0 Å². The highest BCUT2D eigenvalue weighted by molar-refractivity contribution is 7.14. The lowest BCUT2D eigenvalue weighted by atomic mass is 10.3. The van der Waals surface area contributed by atoms with Gasteiger partial charge in [0.1, 0.15) is 10.8 Å². The number of anilines is 2. The number of thiophene rings is 1. The molecule has 3 amide bonds. The quantitative estimate of drug-likeness (QED) is 0.493. The fourth-order valence-electron chi connectivity index (χ4n) is 2.44. The zero-order valence-corrected chi connectivity index (χ0v) is 16.0. The number of amides is 3. The molecule has 1 aromatic carbocycles. The van der Waals surface area contributed by atoms with Crippen molar-refractivity contribution >= 4 is 39.7 Å². The highest BCUT2D eigenvalue weighted by atomic mass is 32.1. The van der Waals surface area contributed by atoms with E-state index in [1.807, 2.05) is 6.92 Å². The van der Waals surface area contributed by atoms with Gasteiger partial charge < -0.3 is 26.0 Å². The maximum Gasteiger partial charge on any atom is 0.280 e. The van der Waals surface area contributed by atoms with E-state index in [9.17, 15) is 14.4 Å². The number of quaternary nitrogens is 1. The van der Waals surface area contributed by atoms with E-state index in [2.05, 4.69) is 10.6 Å². The number of rotatable bonds is 9. The molecule has 27 heavy (non-hydrogen) atoms. The van der Waals surface area contributed by atoms with E-state index < -0.39 is 5.91 Å². The maximum absolute atomic E-state index is 12.3. The molecule has 144 valence electrons. The summed E-state index contributed by atoms with van der Waals surface area (Å²) in [5, 5.41) is 7.58. The summed E-state index contributed by atoms with van der Waals surface area (Å²) in [6, 6.07) is 8.62.